The Hall–Kier alpha value is -2.15. The molecule has 7 nitrogen and oxygen atoms in total. The maximum atomic E-state index is 11.9. The van der Waals surface area contributed by atoms with Gasteiger partial charge in [0.2, 0.25) is 5.88 Å². The second kappa shape index (κ2) is 8.11. The summed E-state index contributed by atoms with van der Waals surface area (Å²) in [6, 6.07) is 2.58. The zero-order valence-corrected chi connectivity index (χ0v) is 11.5. The first-order chi connectivity index (χ1) is 9.52. The smallest absolute Gasteiger partial charge is 0.305 e. The Bertz CT molecular complexity index is 464. The van der Waals surface area contributed by atoms with Gasteiger partial charge in [-0.05, 0) is 13.0 Å². The van der Waals surface area contributed by atoms with Crippen LogP contribution in [0.1, 0.15) is 23.7 Å². The van der Waals surface area contributed by atoms with Crippen LogP contribution < -0.4 is 10.1 Å². The lowest BCUT2D eigenvalue weighted by Gasteiger charge is -2.12. The summed E-state index contributed by atoms with van der Waals surface area (Å²) in [5, 5.41) is 11.2. The van der Waals surface area contributed by atoms with E-state index in [1.807, 2.05) is 0 Å². The molecule has 0 saturated heterocycles. The van der Waals surface area contributed by atoms with Gasteiger partial charge in [0.05, 0.1) is 13.0 Å². The zero-order valence-electron chi connectivity index (χ0n) is 11.5. The fraction of sp³-hybridized carbons (Fsp3) is 0.462. The van der Waals surface area contributed by atoms with Crippen LogP contribution in [0.2, 0.25) is 0 Å². The van der Waals surface area contributed by atoms with Gasteiger partial charge in [0, 0.05) is 31.0 Å². The number of carboxylic acids is 1. The number of pyridine rings is 1. The zero-order chi connectivity index (χ0) is 15.0. The third kappa shape index (κ3) is 5.66. The minimum absolute atomic E-state index is 0.131. The Labute approximate surface area is 116 Å². The van der Waals surface area contributed by atoms with Crippen LogP contribution in [0.3, 0.4) is 0 Å². The Morgan fingerprint density at radius 1 is 1.45 bits per heavy atom. The molecule has 7 heteroatoms. The van der Waals surface area contributed by atoms with Crippen LogP contribution >= 0.6 is 0 Å². The van der Waals surface area contributed by atoms with Crippen molar-refractivity contribution in [1.29, 1.82) is 0 Å². The van der Waals surface area contributed by atoms with Crippen molar-refractivity contribution in [3.8, 4) is 5.88 Å². The molecule has 1 rings (SSSR count). The van der Waals surface area contributed by atoms with E-state index in [9.17, 15) is 9.59 Å². The predicted octanol–water partition coefficient (Wildman–Crippen LogP) is 0.700. The minimum atomic E-state index is -0.962. The summed E-state index contributed by atoms with van der Waals surface area (Å²) in [5.41, 5.74) is 0.365. The van der Waals surface area contributed by atoms with E-state index in [1.54, 1.807) is 14.0 Å². The summed E-state index contributed by atoms with van der Waals surface area (Å²) < 4.78 is 10.1. The number of carbonyl (C=O) groups is 2. The van der Waals surface area contributed by atoms with Gasteiger partial charge in [-0.3, -0.25) is 9.59 Å². The molecule has 0 aliphatic carbocycles. The van der Waals surface area contributed by atoms with Gasteiger partial charge in [-0.2, -0.15) is 0 Å². The molecule has 0 spiro atoms. The van der Waals surface area contributed by atoms with Gasteiger partial charge >= 0.3 is 5.97 Å². The third-order valence-electron chi connectivity index (χ3n) is 2.39. The van der Waals surface area contributed by atoms with E-state index in [2.05, 4.69) is 10.3 Å². The largest absolute Gasteiger partial charge is 0.481 e. The van der Waals surface area contributed by atoms with Gasteiger partial charge in [0.1, 0.15) is 6.61 Å². The van der Waals surface area contributed by atoms with Crippen LogP contribution in [0.25, 0.3) is 0 Å². The van der Waals surface area contributed by atoms with Crippen molar-refractivity contribution in [3.05, 3.63) is 23.9 Å². The van der Waals surface area contributed by atoms with Gasteiger partial charge in [0.25, 0.3) is 5.91 Å². The number of carbonyl (C=O) groups excluding carboxylic acids is 1. The number of aromatic nitrogens is 1. The normalized spacial score (nSPS) is 11.7. The molecule has 0 bridgehead atoms. The number of ether oxygens (including phenoxy) is 2. The number of nitrogens with zero attached hydrogens (tertiary/aromatic N) is 1. The second-order valence-corrected chi connectivity index (χ2v) is 4.20. The number of rotatable bonds is 8. The molecule has 1 heterocycles. The standard InChI is InChI=1S/C13H18N2O5/c1-9(7-12(16)17)15-13(18)10-3-4-14-11(8-10)20-6-5-19-2/h3-4,8-9H,5-7H2,1-2H3,(H,15,18)(H,16,17). The Balaban J connectivity index is 2.59. The molecule has 110 valence electrons. The molecule has 0 aromatic carbocycles. The molecule has 1 aromatic heterocycles. The number of hydrogen-bond acceptors (Lipinski definition) is 5. The summed E-state index contributed by atoms with van der Waals surface area (Å²) in [7, 11) is 1.56. The number of amides is 1. The number of methoxy groups -OCH3 is 1. The van der Waals surface area contributed by atoms with Gasteiger partial charge in [-0.25, -0.2) is 4.98 Å². The van der Waals surface area contributed by atoms with Gasteiger partial charge < -0.3 is 19.9 Å². The molecule has 2 N–H and O–H groups in total. The Kier molecular flexibility index (Phi) is 6.45. The highest BCUT2D eigenvalue weighted by Gasteiger charge is 2.13. The van der Waals surface area contributed by atoms with Crippen molar-refractivity contribution in [2.75, 3.05) is 20.3 Å². The van der Waals surface area contributed by atoms with E-state index in [-0.39, 0.29) is 12.3 Å². The Morgan fingerprint density at radius 3 is 2.85 bits per heavy atom. The number of aliphatic carboxylic acids is 1. The van der Waals surface area contributed by atoms with Crippen LogP contribution in [-0.4, -0.2) is 48.3 Å². The monoisotopic (exact) mass is 282 g/mol. The van der Waals surface area contributed by atoms with Crippen molar-refractivity contribution in [3.63, 3.8) is 0 Å². The van der Waals surface area contributed by atoms with E-state index in [4.69, 9.17) is 14.6 Å². The average molecular weight is 282 g/mol. The Morgan fingerprint density at radius 2 is 2.20 bits per heavy atom. The van der Waals surface area contributed by atoms with E-state index < -0.39 is 12.0 Å². The highest BCUT2D eigenvalue weighted by molar-refractivity contribution is 5.94. The molecular weight excluding hydrogens is 264 g/mol. The van der Waals surface area contributed by atoms with Crippen molar-refractivity contribution in [2.45, 2.75) is 19.4 Å². The SMILES string of the molecule is COCCOc1cc(C(=O)NC(C)CC(=O)O)ccn1. The first-order valence-corrected chi connectivity index (χ1v) is 6.13. The second-order valence-electron chi connectivity index (χ2n) is 4.20. The van der Waals surface area contributed by atoms with Gasteiger partial charge in [-0.15, -0.1) is 0 Å². The topological polar surface area (TPSA) is 97.8 Å². The van der Waals surface area contributed by atoms with Crippen molar-refractivity contribution < 1.29 is 24.2 Å². The van der Waals surface area contributed by atoms with Crippen LogP contribution in [0.5, 0.6) is 5.88 Å². The summed E-state index contributed by atoms with van der Waals surface area (Å²) in [4.78, 5) is 26.4. The lowest BCUT2D eigenvalue weighted by Crippen LogP contribution is -2.34. The molecule has 0 fully saturated rings. The molecule has 0 saturated carbocycles. The number of carboxylic acid groups (broad SMARTS) is 1. The summed E-state index contributed by atoms with van der Waals surface area (Å²) in [6.45, 7) is 2.39. The maximum absolute atomic E-state index is 11.9. The minimum Gasteiger partial charge on any atom is -0.481 e. The molecule has 0 aliphatic heterocycles. The average Bonchev–Trinajstić information content (AvgIpc) is 2.38. The molecular formula is C13H18N2O5. The number of nitrogens with one attached hydrogen (secondary N) is 1. The summed E-state index contributed by atoms with van der Waals surface area (Å²) in [6.07, 6.45) is 1.33. The van der Waals surface area contributed by atoms with E-state index in [0.29, 0.717) is 24.7 Å². The van der Waals surface area contributed by atoms with Gasteiger partial charge in [0.15, 0.2) is 0 Å². The lowest BCUT2D eigenvalue weighted by atomic mass is 10.2. The maximum Gasteiger partial charge on any atom is 0.305 e. The van der Waals surface area contributed by atoms with Crippen molar-refractivity contribution in [1.82, 2.24) is 10.3 Å². The molecule has 20 heavy (non-hydrogen) atoms. The first kappa shape index (κ1) is 15.9. The lowest BCUT2D eigenvalue weighted by molar-refractivity contribution is -0.137. The number of hydrogen-bond donors (Lipinski definition) is 2. The first-order valence-electron chi connectivity index (χ1n) is 6.13. The molecule has 1 amide bonds. The highest BCUT2D eigenvalue weighted by atomic mass is 16.5. The van der Waals surface area contributed by atoms with Crippen LogP contribution in [0.15, 0.2) is 18.3 Å². The summed E-state index contributed by atoms with van der Waals surface area (Å²) >= 11 is 0. The fourth-order valence-corrected chi connectivity index (χ4v) is 1.48. The van der Waals surface area contributed by atoms with E-state index in [0.717, 1.165) is 0 Å². The third-order valence-corrected chi connectivity index (χ3v) is 2.39. The van der Waals surface area contributed by atoms with E-state index >= 15 is 0 Å². The molecule has 1 atom stereocenters. The predicted molar refractivity (Wildman–Crippen MR) is 70.8 cm³/mol. The molecule has 0 radical (unpaired) electrons. The van der Waals surface area contributed by atoms with E-state index in [1.165, 1.54) is 18.3 Å². The summed E-state index contributed by atoms with van der Waals surface area (Å²) in [5.74, 6) is -1.01. The van der Waals surface area contributed by atoms with Crippen LogP contribution in [0, 0.1) is 0 Å². The van der Waals surface area contributed by atoms with Crippen molar-refractivity contribution in [2.24, 2.45) is 0 Å². The molecule has 0 aliphatic rings. The highest BCUT2D eigenvalue weighted by Crippen LogP contribution is 2.09. The van der Waals surface area contributed by atoms with Crippen LogP contribution in [0.4, 0.5) is 0 Å². The molecule has 1 aromatic rings. The van der Waals surface area contributed by atoms with Crippen molar-refractivity contribution >= 4 is 11.9 Å². The fourth-order valence-electron chi connectivity index (χ4n) is 1.48. The van der Waals surface area contributed by atoms with Crippen LogP contribution in [-0.2, 0) is 9.53 Å². The quantitative estimate of drug-likeness (QED) is 0.681. The van der Waals surface area contributed by atoms with Gasteiger partial charge in [-0.1, -0.05) is 0 Å². The molecule has 1 unspecified atom stereocenters.